The Morgan fingerprint density at radius 2 is 1.78 bits per heavy atom. The van der Waals surface area contributed by atoms with Crippen LogP contribution in [-0.2, 0) is 11.2 Å². The van der Waals surface area contributed by atoms with Gasteiger partial charge in [-0.05, 0) is 55.7 Å². The Labute approximate surface area is 136 Å². The van der Waals surface area contributed by atoms with Crippen LogP contribution in [0.1, 0.15) is 23.6 Å². The second kappa shape index (κ2) is 7.68. The molecular weight excluding hydrogens is 292 g/mol. The Morgan fingerprint density at radius 3 is 2.39 bits per heavy atom. The summed E-state index contributed by atoms with van der Waals surface area (Å²) in [5.74, 6) is 0.282. The van der Waals surface area contributed by atoms with E-state index in [1.807, 2.05) is 63.2 Å². The van der Waals surface area contributed by atoms with Gasteiger partial charge in [0.2, 0.25) is 0 Å². The zero-order chi connectivity index (χ0) is 16.8. The number of aliphatic carboxylic acids is 1. The van der Waals surface area contributed by atoms with Gasteiger partial charge < -0.3 is 14.6 Å². The third-order valence-corrected chi connectivity index (χ3v) is 3.43. The highest BCUT2D eigenvalue weighted by atomic mass is 16.5. The molecule has 1 atom stereocenters. The maximum atomic E-state index is 11.6. The van der Waals surface area contributed by atoms with Crippen LogP contribution in [0.15, 0.2) is 42.5 Å². The summed E-state index contributed by atoms with van der Waals surface area (Å²) in [6, 6.07) is 13.2. The lowest BCUT2D eigenvalue weighted by atomic mass is 10.1. The molecule has 0 heterocycles. The van der Waals surface area contributed by atoms with Crippen molar-refractivity contribution in [2.45, 2.75) is 33.3 Å². The highest BCUT2D eigenvalue weighted by molar-refractivity contribution is 5.73. The van der Waals surface area contributed by atoms with Crippen molar-refractivity contribution in [2.24, 2.45) is 0 Å². The van der Waals surface area contributed by atoms with E-state index in [1.165, 1.54) is 0 Å². The van der Waals surface area contributed by atoms with Gasteiger partial charge >= 0.3 is 5.97 Å². The molecule has 0 aromatic heterocycles. The topological polar surface area (TPSA) is 55.8 Å². The molecule has 0 saturated carbocycles. The van der Waals surface area contributed by atoms with Gasteiger partial charge in [-0.15, -0.1) is 0 Å². The number of ether oxygens (including phenoxy) is 2. The number of rotatable bonds is 7. The smallest absolute Gasteiger partial charge is 0.345 e. The number of para-hydroxylation sites is 1. The fourth-order valence-electron chi connectivity index (χ4n) is 2.51. The third-order valence-electron chi connectivity index (χ3n) is 3.43. The van der Waals surface area contributed by atoms with Crippen LogP contribution in [-0.4, -0.2) is 23.8 Å². The average Bonchev–Trinajstić information content (AvgIpc) is 2.47. The lowest BCUT2D eigenvalue weighted by Crippen LogP contribution is -2.29. The average molecular weight is 314 g/mol. The molecule has 122 valence electrons. The van der Waals surface area contributed by atoms with Crippen molar-refractivity contribution in [1.82, 2.24) is 0 Å². The van der Waals surface area contributed by atoms with Crippen LogP contribution in [0.5, 0.6) is 11.5 Å². The van der Waals surface area contributed by atoms with Crippen LogP contribution in [0, 0.1) is 13.8 Å². The predicted octanol–water partition coefficient (Wildman–Crippen LogP) is 3.78. The minimum Gasteiger partial charge on any atom is -0.494 e. The van der Waals surface area contributed by atoms with Crippen LogP contribution >= 0.6 is 0 Å². The van der Waals surface area contributed by atoms with Crippen LogP contribution in [0.25, 0.3) is 0 Å². The number of hydrogen-bond acceptors (Lipinski definition) is 3. The monoisotopic (exact) mass is 314 g/mol. The summed E-state index contributed by atoms with van der Waals surface area (Å²) in [7, 11) is 0. The maximum absolute atomic E-state index is 11.6. The molecule has 0 amide bonds. The van der Waals surface area contributed by atoms with Gasteiger partial charge in [-0.25, -0.2) is 4.79 Å². The standard InChI is InChI=1S/C19H22O4/c1-4-22-17-8-6-5-7-15(17)12-18(19(20)21)23-16-10-13(2)9-14(3)11-16/h5-11,18H,4,12H2,1-3H3,(H,20,21)/t18-/m0/s1. The van der Waals surface area contributed by atoms with Crippen molar-refractivity contribution >= 4 is 5.97 Å². The fraction of sp³-hybridized carbons (Fsp3) is 0.316. The Kier molecular flexibility index (Phi) is 5.63. The Balaban J connectivity index is 2.21. The predicted molar refractivity (Wildman–Crippen MR) is 89.3 cm³/mol. The van der Waals surface area contributed by atoms with Gasteiger partial charge in [0.05, 0.1) is 6.61 Å². The van der Waals surface area contributed by atoms with Crippen LogP contribution in [0.4, 0.5) is 0 Å². The molecule has 0 aliphatic carbocycles. The second-order valence-corrected chi connectivity index (χ2v) is 5.51. The van der Waals surface area contributed by atoms with E-state index in [9.17, 15) is 9.90 Å². The molecule has 0 unspecified atom stereocenters. The molecule has 2 rings (SSSR count). The Hall–Kier alpha value is -2.49. The van der Waals surface area contributed by atoms with Crippen molar-refractivity contribution < 1.29 is 19.4 Å². The van der Waals surface area contributed by atoms with E-state index < -0.39 is 12.1 Å². The Morgan fingerprint density at radius 1 is 1.13 bits per heavy atom. The van der Waals surface area contributed by atoms with Gasteiger partial charge in [0.25, 0.3) is 0 Å². The van der Waals surface area contributed by atoms with Crippen molar-refractivity contribution in [3.63, 3.8) is 0 Å². The summed E-state index contributed by atoms with van der Waals surface area (Å²) >= 11 is 0. The van der Waals surface area contributed by atoms with Gasteiger partial charge in [0, 0.05) is 6.42 Å². The van der Waals surface area contributed by atoms with Crippen molar-refractivity contribution in [3.8, 4) is 11.5 Å². The molecule has 0 saturated heterocycles. The molecule has 2 aromatic rings. The first-order valence-electron chi connectivity index (χ1n) is 7.68. The second-order valence-electron chi connectivity index (χ2n) is 5.51. The number of carboxylic acids is 1. The van der Waals surface area contributed by atoms with Gasteiger partial charge in [0.15, 0.2) is 6.10 Å². The molecule has 0 aliphatic rings. The molecule has 1 N–H and O–H groups in total. The van der Waals surface area contributed by atoms with E-state index >= 15 is 0 Å². The summed E-state index contributed by atoms with van der Waals surface area (Å²) in [5.41, 5.74) is 2.91. The molecule has 2 aromatic carbocycles. The number of benzene rings is 2. The first kappa shape index (κ1) is 16.9. The maximum Gasteiger partial charge on any atom is 0.345 e. The summed E-state index contributed by atoms with van der Waals surface area (Å²) in [6.45, 7) is 6.35. The third kappa shape index (κ3) is 4.74. The molecular formula is C19H22O4. The van der Waals surface area contributed by atoms with Gasteiger partial charge in [-0.2, -0.15) is 0 Å². The number of carbonyl (C=O) groups is 1. The lowest BCUT2D eigenvalue weighted by Gasteiger charge is -2.18. The minimum atomic E-state index is -0.990. The lowest BCUT2D eigenvalue weighted by molar-refractivity contribution is -0.145. The van der Waals surface area contributed by atoms with E-state index in [2.05, 4.69) is 0 Å². The van der Waals surface area contributed by atoms with Gasteiger partial charge in [-0.1, -0.05) is 24.3 Å². The van der Waals surface area contributed by atoms with Crippen LogP contribution < -0.4 is 9.47 Å². The molecule has 0 spiro atoms. The van der Waals surface area contributed by atoms with E-state index in [1.54, 1.807) is 0 Å². The zero-order valence-corrected chi connectivity index (χ0v) is 13.7. The Bertz CT molecular complexity index is 659. The SMILES string of the molecule is CCOc1ccccc1C[C@H](Oc1cc(C)cc(C)c1)C(=O)O. The molecule has 0 bridgehead atoms. The summed E-state index contributed by atoms with van der Waals surface area (Å²) in [4.78, 5) is 11.6. The van der Waals surface area contributed by atoms with Gasteiger partial charge in [-0.3, -0.25) is 0 Å². The number of carboxylic acid groups (broad SMARTS) is 1. The summed E-state index contributed by atoms with van der Waals surface area (Å²) in [5, 5.41) is 9.49. The van der Waals surface area contributed by atoms with Crippen molar-refractivity contribution in [2.75, 3.05) is 6.61 Å². The van der Waals surface area contributed by atoms with E-state index in [4.69, 9.17) is 9.47 Å². The normalized spacial score (nSPS) is 11.8. The zero-order valence-electron chi connectivity index (χ0n) is 13.7. The van der Waals surface area contributed by atoms with Crippen LogP contribution in [0.2, 0.25) is 0 Å². The highest BCUT2D eigenvalue weighted by Gasteiger charge is 2.22. The van der Waals surface area contributed by atoms with E-state index in [0.29, 0.717) is 18.1 Å². The number of hydrogen-bond donors (Lipinski definition) is 1. The van der Waals surface area contributed by atoms with Gasteiger partial charge in [0.1, 0.15) is 11.5 Å². The molecule has 23 heavy (non-hydrogen) atoms. The molecule has 0 fully saturated rings. The fourth-order valence-corrected chi connectivity index (χ4v) is 2.51. The molecule has 4 heteroatoms. The van der Waals surface area contributed by atoms with E-state index in [0.717, 1.165) is 16.7 Å². The van der Waals surface area contributed by atoms with Crippen molar-refractivity contribution in [3.05, 3.63) is 59.2 Å². The van der Waals surface area contributed by atoms with Crippen molar-refractivity contribution in [1.29, 1.82) is 0 Å². The molecule has 4 nitrogen and oxygen atoms in total. The first-order chi connectivity index (χ1) is 11.0. The van der Waals surface area contributed by atoms with Crippen LogP contribution in [0.3, 0.4) is 0 Å². The largest absolute Gasteiger partial charge is 0.494 e. The summed E-state index contributed by atoms with van der Waals surface area (Å²) < 4.78 is 11.3. The quantitative estimate of drug-likeness (QED) is 0.845. The first-order valence-corrected chi connectivity index (χ1v) is 7.68. The highest BCUT2D eigenvalue weighted by Crippen LogP contribution is 2.23. The molecule has 0 radical (unpaired) electrons. The van der Waals surface area contributed by atoms with E-state index in [-0.39, 0.29) is 6.42 Å². The number of aryl methyl sites for hydroxylation is 2. The molecule has 0 aliphatic heterocycles. The summed E-state index contributed by atoms with van der Waals surface area (Å²) in [6.07, 6.45) is -0.712. The minimum absolute atomic E-state index is 0.249.